The average Bonchev–Trinajstić information content (AvgIpc) is 2.63. The molecule has 1 heterocycles. The molecule has 1 aliphatic heterocycles. The largest absolute Gasteiger partial charge is 0.337 e. The highest BCUT2D eigenvalue weighted by Gasteiger charge is 2.26. The minimum Gasteiger partial charge on any atom is -0.337 e. The zero-order chi connectivity index (χ0) is 18.7. The van der Waals surface area contributed by atoms with Crippen molar-refractivity contribution in [2.45, 2.75) is 19.4 Å². The van der Waals surface area contributed by atoms with Crippen molar-refractivity contribution in [3.05, 3.63) is 64.7 Å². The van der Waals surface area contributed by atoms with E-state index in [4.69, 9.17) is 11.6 Å². The molecule has 1 aliphatic rings. The Balaban J connectivity index is 1.73. The summed E-state index contributed by atoms with van der Waals surface area (Å²) >= 11 is 6.15. The van der Waals surface area contributed by atoms with Crippen molar-refractivity contribution >= 4 is 33.2 Å². The lowest BCUT2D eigenvalue weighted by molar-refractivity contribution is 0.0785. The number of sulfonamides is 1. The van der Waals surface area contributed by atoms with Gasteiger partial charge in [-0.2, -0.15) is 0 Å². The highest BCUT2D eigenvalue weighted by molar-refractivity contribution is 7.92. The van der Waals surface area contributed by atoms with Crippen molar-refractivity contribution in [1.82, 2.24) is 4.90 Å². The van der Waals surface area contributed by atoms with E-state index >= 15 is 0 Å². The van der Waals surface area contributed by atoms with Crippen LogP contribution in [0.2, 0.25) is 5.02 Å². The van der Waals surface area contributed by atoms with E-state index in [1.807, 2.05) is 18.2 Å². The molecule has 0 radical (unpaired) electrons. The van der Waals surface area contributed by atoms with Gasteiger partial charge >= 0.3 is 0 Å². The van der Waals surface area contributed by atoms with E-state index in [2.05, 4.69) is 0 Å². The predicted molar refractivity (Wildman–Crippen MR) is 104 cm³/mol. The summed E-state index contributed by atoms with van der Waals surface area (Å²) < 4.78 is 25.8. The van der Waals surface area contributed by atoms with Gasteiger partial charge in [0, 0.05) is 30.7 Å². The molecule has 2 aromatic carbocycles. The smallest absolute Gasteiger partial charge is 0.253 e. The summed E-state index contributed by atoms with van der Waals surface area (Å²) in [6.07, 6.45) is 1.54. The average molecular weight is 393 g/mol. The molecule has 3 rings (SSSR count). The number of rotatable bonds is 4. The number of anilines is 1. The third-order valence-electron chi connectivity index (χ3n) is 4.46. The van der Waals surface area contributed by atoms with Gasteiger partial charge in [-0.3, -0.25) is 9.10 Å². The highest BCUT2D eigenvalue weighted by atomic mass is 35.5. The quantitative estimate of drug-likeness (QED) is 0.799. The number of carbonyl (C=O) groups is 1. The van der Waals surface area contributed by atoms with Gasteiger partial charge in [-0.15, -0.1) is 0 Å². The highest BCUT2D eigenvalue weighted by Crippen LogP contribution is 2.24. The summed E-state index contributed by atoms with van der Waals surface area (Å²) in [6.45, 7) is 0.892. The molecule has 0 spiro atoms. The van der Waals surface area contributed by atoms with Gasteiger partial charge in [0.15, 0.2) is 0 Å². The molecule has 5 nitrogen and oxygen atoms in total. The zero-order valence-electron chi connectivity index (χ0n) is 14.6. The third-order valence-corrected chi connectivity index (χ3v) is 6.70. The summed E-state index contributed by atoms with van der Waals surface area (Å²) in [5, 5.41) is 0.623. The van der Waals surface area contributed by atoms with Crippen molar-refractivity contribution < 1.29 is 13.2 Å². The topological polar surface area (TPSA) is 57.7 Å². The second-order valence-corrected chi connectivity index (χ2v) is 8.81. The van der Waals surface area contributed by atoms with Gasteiger partial charge in [-0.25, -0.2) is 8.42 Å². The molecule has 0 bridgehead atoms. The number of carbonyl (C=O) groups excluding carboxylic acids is 1. The standard InChI is InChI=1S/C19H21ClN2O3S/c1-21(14-16-6-2-3-7-18(16)20)19(23)15-8-10-17(11-9-15)22-12-4-5-13-26(22,24)25/h2-3,6-11H,4-5,12-14H2,1H3. The first-order valence-corrected chi connectivity index (χ1v) is 10.5. The SMILES string of the molecule is CN(Cc1ccccc1Cl)C(=O)c1ccc(N2CCCCS2(=O)=O)cc1. The molecule has 0 unspecified atom stereocenters. The summed E-state index contributed by atoms with van der Waals surface area (Å²) in [4.78, 5) is 14.2. The van der Waals surface area contributed by atoms with E-state index in [-0.39, 0.29) is 11.7 Å². The zero-order valence-corrected chi connectivity index (χ0v) is 16.1. The normalized spacial score (nSPS) is 16.3. The van der Waals surface area contributed by atoms with Crippen molar-refractivity contribution in [3.63, 3.8) is 0 Å². The molecular weight excluding hydrogens is 372 g/mol. The first-order chi connectivity index (χ1) is 12.4. The van der Waals surface area contributed by atoms with Crippen LogP contribution in [-0.4, -0.2) is 38.6 Å². The fraction of sp³-hybridized carbons (Fsp3) is 0.316. The molecule has 0 saturated carbocycles. The summed E-state index contributed by atoms with van der Waals surface area (Å²) in [7, 11) is -1.53. The van der Waals surface area contributed by atoms with E-state index in [0.717, 1.165) is 12.0 Å². The van der Waals surface area contributed by atoms with Crippen LogP contribution in [0.25, 0.3) is 0 Å². The van der Waals surface area contributed by atoms with Crippen LogP contribution in [0.15, 0.2) is 48.5 Å². The number of hydrogen-bond donors (Lipinski definition) is 0. The lowest BCUT2D eigenvalue weighted by Crippen LogP contribution is -2.37. The van der Waals surface area contributed by atoms with E-state index in [0.29, 0.717) is 35.8 Å². The second-order valence-electron chi connectivity index (χ2n) is 6.39. The third kappa shape index (κ3) is 4.02. The number of benzene rings is 2. The number of nitrogens with zero attached hydrogens (tertiary/aromatic N) is 2. The van der Waals surface area contributed by atoms with Crippen LogP contribution >= 0.6 is 11.6 Å². The molecule has 0 N–H and O–H groups in total. The van der Waals surface area contributed by atoms with E-state index < -0.39 is 10.0 Å². The Hall–Kier alpha value is -2.05. The van der Waals surface area contributed by atoms with Crippen LogP contribution in [0.3, 0.4) is 0 Å². The fourth-order valence-electron chi connectivity index (χ4n) is 3.02. The van der Waals surface area contributed by atoms with Crippen molar-refractivity contribution in [2.24, 2.45) is 0 Å². The Morgan fingerprint density at radius 3 is 2.46 bits per heavy atom. The molecule has 138 valence electrons. The fourth-order valence-corrected chi connectivity index (χ4v) is 4.86. The number of halogens is 1. The first kappa shape index (κ1) is 18.7. The van der Waals surface area contributed by atoms with Crippen molar-refractivity contribution in [2.75, 3.05) is 23.7 Å². The Kier molecular flexibility index (Phi) is 5.53. The van der Waals surface area contributed by atoms with E-state index in [9.17, 15) is 13.2 Å². The van der Waals surface area contributed by atoms with Crippen LogP contribution in [0.5, 0.6) is 0 Å². The summed E-state index contributed by atoms with van der Waals surface area (Å²) in [6, 6.07) is 14.1. The Bertz CT molecular complexity index is 897. The maximum atomic E-state index is 12.6. The van der Waals surface area contributed by atoms with Gasteiger partial charge in [0.05, 0.1) is 11.4 Å². The minimum absolute atomic E-state index is 0.141. The van der Waals surface area contributed by atoms with Gasteiger partial charge in [0.2, 0.25) is 10.0 Å². The Labute approximate surface area is 159 Å². The molecule has 0 atom stereocenters. The van der Waals surface area contributed by atoms with Crippen molar-refractivity contribution in [1.29, 1.82) is 0 Å². The van der Waals surface area contributed by atoms with Crippen LogP contribution in [0.1, 0.15) is 28.8 Å². The molecule has 0 aromatic heterocycles. The maximum Gasteiger partial charge on any atom is 0.253 e. The van der Waals surface area contributed by atoms with Crippen LogP contribution < -0.4 is 4.31 Å². The van der Waals surface area contributed by atoms with Gasteiger partial charge in [-0.1, -0.05) is 29.8 Å². The molecule has 1 amide bonds. The van der Waals surface area contributed by atoms with Crippen LogP contribution in [0, 0.1) is 0 Å². The summed E-state index contributed by atoms with van der Waals surface area (Å²) in [5.74, 6) is 0.0341. The maximum absolute atomic E-state index is 12.6. The van der Waals surface area contributed by atoms with E-state index in [1.54, 1.807) is 42.3 Å². The molecule has 1 saturated heterocycles. The van der Waals surface area contributed by atoms with Gasteiger partial charge in [-0.05, 0) is 48.7 Å². The first-order valence-electron chi connectivity index (χ1n) is 8.48. The molecule has 2 aromatic rings. The second kappa shape index (κ2) is 7.68. The predicted octanol–water partition coefficient (Wildman–Crippen LogP) is 3.54. The number of hydrogen-bond acceptors (Lipinski definition) is 3. The van der Waals surface area contributed by atoms with Crippen molar-refractivity contribution in [3.8, 4) is 0 Å². The van der Waals surface area contributed by atoms with Crippen LogP contribution in [-0.2, 0) is 16.6 Å². The summed E-state index contributed by atoms with van der Waals surface area (Å²) in [5.41, 5.74) is 1.99. The van der Waals surface area contributed by atoms with Gasteiger partial charge < -0.3 is 4.90 Å². The van der Waals surface area contributed by atoms with E-state index in [1.165, 1.54) is 4.31 Å². The molecule has 1 fully saturated rings. The Morgan fingerprint density at radius 2 is 1.81 bits per heavy atom. The molecule has 0 aliphatic carbocycles. The molecule has 26 heavy (non-hydrogen) atoms. The lowest BCUT2D eigenvalue weighted by Gasteiger charge is -2.28. The van der Waals surface area contributed by atoms with Gasteiger partial charge in [0.1, 0.15) is 0 Å². The lowest BCUT2D eigenvalue weighted by atomic mass is 10.1. The Morgan fingerprint density at radius 1 is 1.12 bits per heavy atom. The van der Waals surface area contributed by atoms with Crippen LogP contribution in [0.4, 0.5) is 5.69 Å². The molecular formula is C19H21ClN2O3S. The molecule has 7 heteroatoms. The number of amides is 1. The minimum atomic E-state index is -3.25. The monoisotopic (exact) mass is 392 g/mol. The van der Waals surface area contributed by atoms with Gasteiger partial charge in [0.25, 0.3) is 5.91 Å².